The maximum atomic E-state index is 13.4. The van der Waals surface area contributed by atoms with Crippen molar-refractivity contribution in [3.05, 3.63) is 40.4 Å². The molecule has 0 aliphatic carbocycles. The quantitative estimate of drug-likeness (QED) is 0.0613. The first-order valence-electron chi connectivity index (χ1n) is 15.8. The number of phenolic OH excluding ortho intramolecular Hbond substituents is 2. The van der Waals surface area contributed by atoms with Crippen LogP contribution in [0.1, 0.15) is 61.3 Å². The Morgan fingerprint density at radius 1 is 1.18 bits per heavy atom. The number of rotatable bonds is 11. The lowest BCUT2D eigenvalue weighted by atomic mass is 9.95. The first-order chi connectivity index (χ1) is 23.7. The Morgan fingerprint density at radius 3 is 2.50 bits per heavy atom. The highest BCUT2D eigenvalue weighted by Crippen LogP contribution is 2.43. The van der Waals surface area contributed by atoms with E-state index in [-0.39, 0.29) is 63.3 Å². The number of aldehydes is 1. The average Bonchev–Trinajstić information content (AvgIpc) is 3.59. The van der Waals surface area contributed by atoms with Crippen molar-refractivity contribution in [2.24, 2.45) is 5.16 Å². The van der Waals surface area contributed by atoms with E-state index in [0.29, 0.717) is 37.0 Å². The van der Waals surface area contributed by atoms with Crippen LogP contribution in [-0.4, -0.2) is 118 Å². The van der Waals surface area contributed by atoms with Crippen LogP contribution < -0.4 is 16.4 Å². The number of carbonyl (C=O) groups is 5. The molecule has 4 aliphatic rings. The fourth-order valence-corrected chi connectivity index (χ4v) is 8.55. The van der Waals surface area contributed by atoms with Gasteiger partial charge >= 0.3 is 5.97 Å². The minimum atomic E-state index is -1.37. The number of hydrogen-bond acceptors (Lipinski definition) is 15. The predicted molar refractivity (Wildman–Crippen MR) is 180 cm³/mol. The van der Waals surface area contributed by atoms with Gasteiger partial charge in [-0.2, -0.15) is 9.36 Å². The van der Waals surface area contributed by atoms with Crippen molar-refractivity contribution in [2.45, 2.75) is 81.6 Å². The number of anilines is 1. The number of carboxylic acids is 1. The summed E-state index contributed by atoms with van der Waals surface area (Å²) in [6.45, 7) is 4.76. The Bertz CT molecular complexity index is 1810. The number of amides is 3. The van der Waals surface area contributed by atoms with Gasteiger partial charge in [-0.25, -0.2) is 4.79 Å². The summed E-state index contributed by atoms with van der Waals surface area (Å²) in [5.74, 6) is -3.55. The van der Waals surface area contributed by atoms with E-state index in [4.69, 9.17) is 10.6 Å². The Hall–Kier alpha value is -4.75. The van der Waals surface area contributed by atoms with Gasteiger partial charge in [0.15, 0.2) is 28.5 Å². The lowest BCUT2D eigenvalue weighted by Crippen LogP contribution is -2.71. The van der Waals surface area contributed by atoms with Crippen molar-refractivity contribution in [3.8, 4) is 11.5 Å². The third-order valence-corrected chi connectivity index (χ3v) is 11.2. The minimum Gasteiger partial charge on any atom is -0.504 e. The van der Waals surface area contributed by atoms with Crippen LogP contribution in [0.15, 0.2) is 28.6 Å². The number of nitrogen functional groups attached to an aromatic ring is 1. The molecule has 19 heteroatoms. The molecule has 2 bridgehead atoms. The number of β-lactam (4-membered cyclic amide) rings is 1. The van der Waals surface area contributed by atoms with Crippen molar-refractivity contribution in [3.63, 3.8) is 0 Å². The van der Waals surface area contributed by atoms with E-state index in [1.165, 1.54) is 42.6 Å². The van der Waals surface area contributed by atoms with Gasteiger partial charge in [0.1, 0.15) is 17.1 Å². The molecular formula is C31H36N8O9S2. The van der Waals surface area contributed by atoms with Gasteiger partial charge in [-0.3, -0.25) is 29.0 Å². The summed E-state index contributed by atoms with van der Waals surface area (Å²) in [6.07, 6.45) is 3.53. The van der Waals surface area contributed by atoms with E-state index < -0.39 is 40.5 Å². The summed E-state index contributed by atoms with van der Waals surface area (Å²) in [7, 11) is 0. The molecule has 0 spiro atoms. The second-order valence-corrected chi connectivity index (χ2v) is 15.0. The van der Waals surface area contributed by atoms with E-state index >= 15 is 0 Å². The second-order valence-electron chi connectivity index (χ2n) is 13.1. The summed E-state index contributed by atoms with van der Waals surface area (Å²) >= 11 is 2.14. The number of phenols is 2. The molecule has 3 amide bonds. The number of oxime groups is 1. The van der Waals surface area contributed by atoms with Crippen LogP contribution in [-0.2, 0) is 24.0 Å². The van der Waals surface area contributed by atoms with Crippen LogP contribution in [0, 0.1) is 6.92 Å². The van der Waals surface area contributed by atoms with Gasteiger partial charge in [-0.15, -0.1) is 11.8 Å². The number of aliphatic carboxylic acids is 1. The summed E-state index contributed by atoms with van der Waals surface area (Å²) in [4.78, 5) is 76.3. The number of nitrogens with zero attached hydrogens (tertiary/aromatic N) is 5. The molecule has 5 heterocycles. The van der Waals surface area contributed by atoms with Gasteiger partial charge < -0.3 is 36.5 Å². The lowest BCUT2D eigenvalue weighted by molar-refractivity contribution is -0.150. The third kappa shape index (κ3) is 6.59. The van der Waals surface area contributed by atoms with Gasteiger partial charge in [0.05, 0.1) is 0 Å². The van der Waals surface area contributed by atoms with Gasteiger partial charge in [0.2, 0.25) is 11.5 Å². The molecule has 1 aromatic carbocycles. The molecule has 0 radical (unpaired) electrons. The molecule has 266 valence electrons. The van der Waals surface area contributed by atoms with Crippen molar-refractivity contribution in [1.29, 1.82) is 0 Å². The van der Waals surface area contributed by atoms with Gasteiger partial charge in [0.25, 0.3) is 17.7 Å². The van der Waals surface area contributed by atoms with E-state index in [1.54, 1.807) is 6.92 Å². The van der Waals surface area contributed by atoms with Crippen molar-refractivity contribution >= 4 is 64.1 Å². The fraction of sp³-hybridized carbons (Fsp3) is 0.484. The SMILES string of the molecule is Cc1c(C(=O)N[C@H]2C[C@H]3CC[C@@H](C2)N3CC2=C(C(=O)O)N3C(=O)[C@@H](NC(=O)/C(=N\OC(C)(C)C=O)c4nsc(N)n4)[C@H]3SC2)ccc(O)c1O. The monoisotopic (exact) mass is 728 g/mol. The molecule has 50 heavy (non-hydrogen) atoms. The number of fused-ring (bicyclic) bond motifs is 3. The third-order valence-electron chi connectivity index (χ3n) is 9.31. The van der Waals surface area contributed by atoms with Crippen LogP contribution in [0.5, 0.6) is 11.5 Å². The number of aromatic hydroxyl groups is 2. The number of carbonyl (C=O) groups excluding carboxylic acids is 4. The van der Waals surface area contributed by atoms with Gasteiger partial charge in [0, 0.05) is 53.1 Å². The number of carboxylic acid groups (broad SMARTS) is 1. The Labute approximate surface area is 294 Å². The minimum absolute atomic E-state index is 0.0559. The topological polar surface area (TPSA) is 250 Å². The first-order valence-corrected chi connectivity index (χ1v) is 17.6. The van der Waals surface area contributed by atoms with Crippen LogP contribution in [0.2, 0.25) is 0 Å². The summed E-state index contributed by atoms with van der Waals surface area (Å²) < 4.78 is 3.99. The Morgan fingerprint density at radius 2 is 1.88 bits per heavy atom. The molecule has 5 atom stereocenters. The highest BCUT2D eigenvalue weighted by molar-refractivity contribution is 8.00. The first kappa shape index (κ1) is 35.1. The average molecular weight is 729 g/mol. The number of benzene rings is 1. The van der Waals surface area contributed by atoms with Crippen molar-refractivity contribution < 1.29 is 44.1 Å². The zero-order valence-corrected chi connectivity index (χ0v) is 28.9. The Kier molecular flexibility index (Phi) is 9.49. The zero-order chi connectivity index (χ0) is 36.1. The summed E-state index contributed by atoms with van der Waals surface area (Å²) in [5.41, 5.74) is 4.95. The molecule has 17 nitrogen and oxygen atoms in total. The molecule has 0 unspecified atom stereocenters. The number of nitrogens with two attached hydrogens (primary N) is 1. The van der Waals surface area contributed by atoms with E-state index in [1.807, 2.05) is 0 Å². The molecule has 2 aromatic rings. The summed E-state index contributed by atoms with van der Waals surface area (Å²) in [6, 6.07) is 1.70. The van der Waals surface area contributed by atoms with E-state index in [9.17, 15) is 39.3 Å². The fourth-order valence-electron chi connectivity index (χ4n) is 6.78. The van der Waals surface area contributed by atoms with E-state index in [0.717, 1.165) is 24.4 Å². The van der Waals surface area contributed by atoms with Gasteiger partial charge in [-0.05, 0) is 64.2 Å². The van der Waals surface area contributed by atoms with E-state index in [2.05, 4.69) is 30.0 Å². The summed E-state index contributed by atoms with van der Waals surface area (Å²) in [5, 5.41) is 38.9. The second kappa shape index (κ2) is 13.5. The van der Waals surface area contributed by atoms with Crippen LogP contribution in [0.25, 0.3) is 0 Å². The van der Waals surface area contributed by atoms with Crippen LogP contribution >= 0.6 is 23.3 Å². The number of thioether (sulfide) groups is 1. The number of hydrogen-bond donors (Lipinski definition) is 6. The molecular weight excluding hydrogens is 693 g/mol. The molecule has 7 N–H and O–H groups in total. The van der Waals surface area contributed by atoms with Crippen molar-refractivity contribution in [1.82, 2.24) is 29.8 Å². The maximum absolute atomic E-state index is 13.4. The highest BCUT2D eigenvalue weighted by atomic mass is 32.2. The zero-order valence-electron chi connectivity index (χ0n) is 27.3. The van der Waals surface area contributed by atoms with Crippen molar-refractivity contribution in [2.75, 3.05) is 18.0 Å². The van der Waals surface area contributed by atoms with Crippen LogP contribution in [0.4, 0.5) is 5.13 Å². The lowest BCUT2D eigenvalue weighted by Gasteiger charge is -2.50. The normalized spacial score (nSPS) is 25.1. The predicted octanol–water partition coefficient (Wildman–Crippen LogP) is 0.702. The molecule has 6 rings (SSSR count). The smallest absolute Gasteiger partial charge is 0.352 e. The van der Waals surface area contributed by atoms with Gasteiger partial charge in [-0.1, -0.05) is 5.16 Å². The molecule has 1 aromatic heterocycles. The standard InChI is InChI=1S/C31H36N8O9S2/c1-13-18(6-7-19(41)23(13)42)25(43)33-15-8-16-4-5-17(9-15)38(16)10-14-11-49-28-21(27(45)39(28)22(14)29(46)47)34-26(44)20(24-35-30(32)50-37-24)36-48-31(2,3)12-40/h6-7,12,15-17,21,28,41-42H,4-5,8-11H2,1-3H3,(H,33,43)(H,34,44)(H,46,47)(H2,32,35,37)/b36-20-/t15-,16+,17-,21-,28-/m1/s1. The number of nitrogens with one attached hydrogen (secondary N) is 2. The molecule has 4 aliphatic heterocycles. The molecule has 3 fully saturated rings. The number of aromatic nitrogens is 2. The van der Waals surface area contributed by atoms with Crippen LogP contribution in [0.3, 0.4) is 0 Å². The molecule has 3 saturated heterocycles. The largest absolute Gasteiger partial charge is 0.504 e. The maximum Gasteiger partial charge on any atom is 0.352 e. The highest BCUT2D eigenvalue weighted by Gasteiger charge is 2.55. The Balaban J connectivity index is 1.13. The number of piperidine rings is 1. The molecule has 0 saturated carbocycles.